The van der Waals surface area contributed by atoms with E-state index in [1.54, 1.807) is 7.11 Å². The van der Waals surface area contributed by atoms with Crippen LogP contribution < -0.4 is 0 Å². The molecule has 0 fully saturated rings. The second-order valence-electron chi connectivity index (χ2n) is 4.16. The molecule has 0 aromatic heterocycles. The zero-order valence-electron chi connectivity index (χ0n) is 10.8. The zero-order valence-corrected chi connectivity index (χ0v) is 10.8. The van der Waals surface area contributed by atoms with Crippen molar-refractivity contribution in [3.63, 3.8) is 0 Å². The highest BCUT2D eigenvalue weighted by atomic mass is 16.5. The van der Waals surface area contributed by atoms with Crippen molar-refractivity contribution in [3.05, 3.63) is 35.9 Å². The maximum atomic E-state index is 12.0. The summed E-state index contributed by atoms with van der Waals surface area (Å²) in [6.45, 7) is 6.08. The van der Waals surface area contributed by atoms with Crippen LogP contribution in [0, 0.1) is 0 Å². The van der Waals surface area contributed by atoms with E-state index in [0.717, 1.165) is 12.1 Å². The van der Waals surface area contributed by atoms with Gasteiger partial charge in [0.1, 0.15) is 0 Å². The molecule has 0 aliphatic carbocycles. The van der Waals surface area contributed by atoms with Crippen molar-refractivity contribution < 1.29 is 9.53 Å². The summed E-state index contributed by atoms with van der Waals surface area (Å²) in [4.78, 5) is 14.2. The van der Waals surface area contributed by atoms with Gasteiger partial charge < -0.3 is 4.74 Å². The molecule has 0 bridgehead atoms. The molecule has 94 valence electrons. The van der Waals surface area contributed by atoms with Crippen LogP contribution in [-0.2, 0) is 4.74 Å². The number of rotatable bonds is 7. The molecule has 0 spiro atoms. The first-order valence-electron chi connectivity index (χ1n) is 6.00. The summed E-state index contributed by atoms with van der Waals surface area (Å²) >= 11 is 0. The Bertz CT molecular complexity index is 337. The molecule has 0 amide bonds. The van der Waals surface area contributed by atoms with Crippen LogP contribution in [0.1, 0.15) is 24.2 Å². The molecule has 1 aromatic rings. The van der Waals surface area contributed by atoms with E-state index in [2.05, 4.69) is 18.7 Å². The fraction of sp³-hybridized carbons (Fsp3) is 0.500. The highest BCUT2D eigenvalue weighted by Gasteiger charge is 2.16. The van der Waals surface area contributed by atoms with Gasteiger partial charge in [-0.15, -0.1) is 0 Å². The lowest BCUT2D eigenvalue weighted by molar-refractivity contribution is 0.0788. The van der Waals surface area contributed by atoms with Crippen molar-refractivity contribution in [3.8, 4) is 0 Å². The Hall–Kier alpha value is -1.19. The number of ketones is 1. The van der Waals surface area contributed by atoms with Gasteiger partial charge in [-0.2, -0.15) is 0 Å². The number of carbonyl (C=O) groups is 1. The van der Waals surface area contributed by atoms with Crippen molar-refractivity contribution in [2.24, 2.45) is 0 Å². The van der Waals surface area contributed by atoms with Gasteiger partial charge in [0, 0.05) is 18.7 Å². The van der Waals surface area contributed by atoms with E-state index in [0.29, 0.717) is 13.2 Å². The third kappa shape index (κ3) is 4.29. The average molecular weight is 235 g/mol. The minimum atomic E-state index is 0.162. The maximum absolute atomic E-state index is 12.0. The Balaban J connectivity index is 2.60. The van der Waals surface area contributed by atoms with Gasteiger partial charge in [-0.05, 0) is 13.5 Å². The summed E-state index contributed by atoms with van der Waals surface area (Å²) in [5, 5.41) is 0. The number of benzene rings is 1. The largest absolute Gasteiger partial charge is 0.383 e. The number of carbonyl (C=O) groups excluding carboxylic acids is 1. The normalized spacial score (nSPS) is 12.7. The fourth-order valence-corrected chi connectivity index (χ4v) is 1.83. The second-order valence-corrected chi connectivity index (χ2v) is 4.16. The fourth-order valence-electron chi connectivity index (χ4n) is 1.83. The van der Waals surface area contributed by atoms with E-state index in [4.69, 9.17) is 4.74 Å². The average Bonchev–Trinajstić information content (AvgIpc) is 2.37. The maximum Gasteiger partial charge on any atom is 0.176 e. The predicted molar refractivity (Wildman–Crippen MR) is 69.4 cm³/mol. The van der Waals surface area contributed by atoms with Gasteiger partial charge in [0.15, 0.2) is 5.78 Å². The molecule has 1 rings (SSSR count). The van der Waals surface area contributed by atoms with E-state index in [9.17, 15) is 4.79 Å². The quantitative estimate of drug-likeness (QED) is 0.679. The van der Waals surface area contributed by atoms with Gasteiger partial charge in [0.2, 0.25) is 0 Å². The van der Waals surface area contributed by atoms with Crippen LogP contribution in [0.4, 0.5) is 0 Å². The highest BCUT2D eigenvalue weighted by molar-refractivity contribution is 5.97. The lowest BCUT2D eigenvalue weighted by atomic mass is 10.1. The summed E-state index contributed by atoms with van der Waals surface area (Å²) in [5.74, 6) is 0.162. The Morgan fingerprint density at radius 2 is 2.00 bits per heavy atom. The molecule has 1 atom stereocenters. The molecule has 0 heterocycles. The Kier molecular flexibility index (Phi) is 5.87. The number of nitrogens with zero attached hydrogens (tertiary/aromatic N) is 1. The van der Waals surface area contributed by atoms with Crippen molar-refractivity contribution >= 4 is 5.78 Å². The van der Waals surface area contributed by atoms with Gasteiger partial charge in [-0.25, -0.2) is 0 Å². The zero-order chi connectivity index (χ0) is 12.7. The van der Waals surface area contributed by atoms with Crippen LogP contribution in [0.2, 0.25) is 0 Å². The van der Waals surface area contributed by atoms with Crippen molar-refractivity contribution in [1.82, 2.24) is 4.90 Å². The SMILES string of the molecule is CCN(CC(=O)c1ccccc1)C(C)COC. The third-order valence-corrected chi connectivity index (χ3v) is 2.88. The minimum absolute atomic E-state index is 0.162. The first-order valence-corrected chi connectivity index (χ1v) is 6.00. The topological polar surface area (TPSA) is 29.5 Å². The van der Waals surface area contributed by atoms with E-state index < -0.39 is 0 Å². The first kappa shape index (κ1) is 13.9. The molecular weight excluding hydrogens is 214 g/mol. The molecule has 0 radical (unpaired) electrons. The van der Waals surface area contributed by atoms with E-state index in [-0.39, 0.29) is 11.8 Å². The molecule has 0 saturated heterocycles. The molecule has 3 nitrogen and oxygen atoms in total. The molecule has 1 aromatic carbocycles. The summed E-state index contributed by atoms with van der Waals surface area (Å²) in [6.07, 6.45) is 0. The van der Waals surface area contributed by atoms with Gasteiger partial charge >= 0.3 is 0 Å². The molecule has 3 heteroatoms. The van der Waals surface area contributed by atoms with Gasteiger partial charge in [-0.1, -0.05) is 37.3 Å². The minimum Gasteiger partial charge on any atom is -0.383 e. The molecule has 0 aliphatic heterocycles. The molecule has 1 unspecified atom stereocenters. The number of likely N-dealkylation sites (N-methyl/N-ethyl adjacent to an activating group) is 1. The number of methoxy groups -OCH3 is 1. The lowest BCUT2D eigenvalue weighted by Gasteiger charge is -2.26. The Morgan fingerprint density at radius 3 is 2.53 bits per heavy atom. The molecule has 17 heavy (non-hydrogen) atoms. The van der Waals surface area contributed by atoms with Gasteiger partial charge in [0.05, 0.1) is 13.2 Å². The number of ether oxygens (including phenoxy) is 1. The number of Topliss-reactive ketones (excluding diaryl/α,β-unsaturated/α-hetero) is 1. The summed E-state index contributed by atoms with van der Waals surface area (Å²) in [5.41, 5.74) is 0.774. The number of hydrogen-bond acceptors (Lipinski definition) is 3. The Labute approximate surface area is 103 Å². The number of hydrogen-bond donors (Lipinski definition) is 0. The highest BCUT2D eigenvalue weighted by Crippen LogP contribution is 2.05. The van der Waals surface area contributed by atoms with Crippen LogP contribution in [0.15, 0.2) is 30.3 Å². The van der Waals surface area contributed by atoms with Crippen molar-refractivity contribution in [2.75, 3.05) is 26.8 Å². The van der Waals surface area contributed by atoms with Crippen molar-refractivity contribution in [2.45, 2.75) is 19.9 Å². The summed E-state index contributed by atoms with van der Waals surface area (Å²) in [6, 6.07) is 9.68. The van der Waals surface area contributed by atoms with Gasteiger partial charge in [0.25, 0.3) is 0 Å². The van der Waals surface area contributed by atoms with Crippen LogP contribution in [0.3, 0.4) is 0 Å². The molecule has 0 N–H and O–H groups in total. The van der Waals surface area contributed by atoms with Crippen LogP contribution in [-0.4, -0.2) is 43.5 Å². The predicted octanol–water partition coefficient (Wildman–Crippen LogP) is 2.23. The van der Waals surface area contributed by atoms with Crippen molar-refractivity contribution in [1.29, 1.82) is 0 Å². The van der Waals surface area contributed by atoms with Crippen LogP contribution >= 0.6 is 0 Å². The molecule has 0 aliphatic rings. The van der Waals surface area contributed by atoms with E-state index in [1.807, 2.05) is 30.3 Å². The third-order valence-electron chi connectivity index (χ3n) is 2.88. The van der Waals surface area contributed by atoms with E-state index >= 15 is 0 Å². The standard InChI is InChI=1S/C14H21NO2/c1-4-15(12(2)11-17-3)10-14(16)13-8-6-5-7-9-13/h5-9,12H,4,10-11H2,1-3H3. The Morgan fingerprint density at radius 1 is 1.35 bits per heavy atom. The van der Waals surface area contributed by atoms with E-state index in [1.165, 1.54) is 0 Å². The van der Waals surface area contributed by atoms with Gasteiger partial charge in [-0.3, -0.25) is 9.69 Å². The molecule has 0 saturated carbocycles. The second kappa shape index (κ2) is 7.20. The lowest BCUT2D eigenvalue weighted by Crippen LogP contribution is -2.39. The monoisotopic (exact) mass is 235 g/mol. The first-order chi connectivity index (χ1) is 8.19. The summed E-state index contributed by atoms with van der Waals surface area (Å²) in [7, 11) is 1.68. The molecular formula is C14H21NO2. The summed E-state index contributed by atoms with van der Waals surface area (Å²) < 4.78 is 5.12. The van der Waals surface area contributed by atoms with Crippen LogP contribution in [0.5, 0.6) is 0 Å². The van der Waals surface area contributed by atoms with Crippen LogP contribution in [0.25, 0.3) is 0 Å². The smallest absolute Gasteiger partial charge is 0.176 e.